The highest BCUT2D eigenvalue weighted by molar-refractivity contribution is 5.74. The number of nitrogens with one attached hydrogen (secondary N) is 1. The Kier molecular flexibility index (Phi) is 5.35. The number of aromatic nitrogens is 2. The molecule has 2 aromatic rings. The quantitative estimate of drug-likeness (QED) is 0.756. The second-order valence-corrected chi connectivity index (χ2v) is 6.28. The summed E-state index contributed by atoms with van der Waals surface area (Å²) in [7, 11) is 0. The van der Waals surface area contributed by atoms with Crippen LogP contribution < -0.4 is 5.32 Å². The van der Waals surface area contributed by atoms with Crippen molar-refractivity contribution in [2.24, 2.45) is 5.41 Å². The Morgan fingerprint density at radius 3 is 2.95 bits per heavy atom. The van der Waals surface area contributed by atoms with E-state index in [2.05, 4.69) is 46.9 Å². The van der Waals surface area contributed by atoms with Gasteiger partial charge in [-0.2, -0.15) is 5.26 Å². The summed E-state index contributed by atoms with van der Waals surface area (Å²) in [6.07, 6.45) is 4.58. The summed E-state index contributed by atoms with van der Waals surface area (Å²) in [6, 6.07) is 10.4. The molecular weight excluding hydrogens is 260 g/mol. The molecule has 0 saturated heterocycles. The van der Waals surface area contributed by atoms with Gasteiger partial charge in [0.15, 0.2) is 0 Å². The first-order valence-corrected chi connectivity index (χ1v) is 7.60. The fourth-order valence-corrected chi connectivity index (χ4v) is 2.47. The van der Waals surface area contributed by atoms with Crippen LogP contribution in [0.5, 0.6) is 0 Å². The summed E-state index contributed by atoms with van der Waals surface area (Å²) in [6.45, 7) is 7.34. The molecule has 1 aromatic heterocycles. The van der Waals surface area contributed by atoms with E-state index >= 15 is 0 Å². The number of hydrogen-bond donors (Lipinski definition) is 1. The normalized spacial score (nSPS) is 11.7. The van der Waals surface area contributed by atoms with E-state index in [0.29, 0.717) is 6.42 Å². The molecule has 1 heterocycles. The summed E-state index contributed by atoms with van der Waals surface area (Å²) in [5.74, 6) is 0. The van der Waals surface area contributed by atoms with Crippen molar-refractivity contribution in [2.45, 2.75) is 39.7 Å². The molecular formula is C17H24N4. The maximum atomic E-state index is 8.65. The molecule has 1 aromatic carbocycles. The molecule has 0 aliphatic rings. The molecule has 2 rings (SSSR count). The lowest BCUT2D eigenvalue weighted by Crippen LogP contribution is -2.30. The van der Waals surface area contributed by atoms with Gasteiger partial charge in [0.25, 0.3) is 0 Å². The lowest BCUT2D eigenvalue weighted by Gasteiger charge is -2.23. The minimum absolute atomic E-state index is 0.192. The molecule has 0 aliphatic carbocycles. The zero-order valence-electron chi connectivity index (χ0n) is 13.0. The largest absolute Gasteiger partial charge is 0.331 e. The Morgan fingerprint density at radius 2 is 2.14 bits per heavy atom. The van der Waals surface area contributed by atoms with Crippen molar-refractivity contribution in [3.63, 3.8) is 0 Å². The molecule has 4 nitrogen and oxygen atoms in total. The van der Waals surface area contributed by atoms with E-state index in [-0.39, 0.29) is 5.41 Å². The Hall–Kier alpha value is -1.86. The predicted octanol–water partition coefficient (Wildman–Crippen LogP) is 3.35. The molecule has 0 bridgehead atoms. The smallest absolute Gasteiger partial charge is 0.0958 e. The summed E-state index contributed by atoms with van der Waals surface area (Å²) >= 11 is 0. The maximum absolute atomic E-state index is 8.65. The van der Waals surface area contributed by atoms with E-state index in [1.165, 1.54) is 5.52 Å². The van der Waals surface area contributed by atoms with Crippen molar-refractivity contribution < 1.29 is 0 Å². The average Bonchev–Trinajstić information content (AvgIpc) is 2.88. The first-order valence-electron chi connectivity index (χ1n) is 7.60. The van der Waals surface area contributed by atoms with Crippen molar-refractivity contribution in [2.75, 3.05) is 13.1 Å². The van der Waals surface area contributed by atoms with Gasteiger partial charge in [-0.15, -0.1) is 0 Å². The second-order valence-electron chi connectivity index (χ2n) is 6.28. The number of nitrogens with zero attached hydrogens (tertiary/aromatic N) is 3. The minimum atomic E-state index is 0.192. The van der Waals surface area contributed by atoms with E-state index in [1.807, 2.05) is 18.5 Å². The second kappa shape index (κ2) is 7.24. The number of rotatable bonds is 8. The standard InChI is InChI=1S/C17H24N4/c1-17(2,9-5-10-18)13-19-11-6-12-21-14-20-15-7-3-4-8-16(15)21/h3-4,7-8,14,19H,5-6,9,11-13H2,1-2H3. The highest BCUT2D eigenvalue weighted by Crippen LogP contribution is 2.20. The SMILES string of the molecule is CC(C)(CCC#N)CNCCCn1cnc2ccccc21. The van der Waals surface area contributed by atoms with Gasteiger partial charge in [-0.05, 0) is 36.9 Å². The van der Waals surface area contributed by atoms with Crippen molar-refractivity contribution in [1.82, 2.24) is 14.9 Å². The van der Waals surface area contributed by atoms with Crippen LogP contribution in [0.4, 0.5) is 0 Å². The monoisotopic (exact) mass is 284 g/mol. The third-order valence-corrected chi connectivity index (χ3v) is 3.80. The Bertz CT molecular complexity index is 607. The van der Waals surface area contributed by atoms with E-state index in [4.69, 9.17) is 5.26 Å². The van der Waals surface area contributed by atoms with Gasteiger partial charge >= 0.3 is 0 Å². The zero-order chi connectivity index (χ0) is 15.1. The van der Waals surface area contributed by atoms with Crippen LogP contribution in [0.3, 0.4) is 0 Å². The first kappa shape index (κ1) is 15.5. The average molecular weight is 284 g/mol. The number of fused-ring (bicyclic) bond motifs is 1. The summed E-state index contributed by atoms with van der Waals surface area (Å²) in [5, 5.41) is 12.2. The molecule has 0 spiro atoms. The van der Waals surface area contributed by atoms with Crippen LogP contribution in [0.1, 0.15) is 33.1 Å². The predicted molar refractivity (Wildman–Crippen MR) is 85.8 cm³/mol. The zero-order valence-corrected chi connectivity index (χ0v) is 13.0. The van der Waals surface area contributed by atoms with E-state index in [9.17, 15) is 0 Å². The molecule has 0 aliphatic heterocycles. The van der Waals surface area contributed by atoms with E-state index in [0.717, 1.165) is 38.0 Å². The van der Waals surface area contributed by atoms with Crippen molar-refractivity contribution >= 4 is 11.0 Å². The van der Waals surface area contributed by atoms with Crippen molar-refractivity contribution in [3.05, 3.63) is 30.6 Å². The maximum Gasteiger partial charge on any atom is 0.0958 e. The van der Waals surface area contributed by atoms with Crippen LogP contribution in [0.25, 0.3) is 11.0 Å². The number of para-hydroxylation sites is 2. The van der Waals surface area contributed by atoms with Crippen molar-refractivity contribution in [3.8, 4) is 6.07 Å². The summed E-state index contributed by atoms with van der Waals surface area (Å²) in [4.78, 5) is 4.40. The lowest BCUT2D eigenvalue weighted by atomic mass is 9.88. The van der Waals surface area contributed by atoms with Crippen LogP contribution in [-0.4, -0.2) is 22.6 Å². The first-order chi connectivity index (χ1) is 10.1. The highest BCUT2D eigenvalue weighted by Gasteiger charge is 2.16. The number of imidazole rings is 1. The lowest BCUT2D eigenvalue weighted by molar-refractivity contribution is 0.317. The van der Waals surface area contributed by atoms with Crippen LogP contribution >= 0.6 is 0 Å². The van der Waals surface area contributed by atoms with Gasteiger partial charge < -0.3 is 9.88 Å². The van der Waals surface area contributed by atoms with E-state index < -0.39 is 0 Å². The topological polar surface area (TPSA) is 53.6 Å². The van der Waals surface area contributed by atoms with Gasteiger partial charge in [-0.1, -0.05) is 26.0 Å². The molecule has 0 amide bonds. The van der Waals surface area contributed by atoms with E-state index in [1.54, 1.807) is 0 Å². The van der Waals surface area contributed by atoms with Gasteiger partial charge in [0.2, 0.25) is 0 Å². The van der Waals surface area contributed by atoms with Gasteiger partial charge in [0, 0.05) is 19.5 Å². The molecule has 0 fully saturated rings. The number of hydrogen-bond acceptors (Lipinski definition) is 3. The van der Waals surface area contributed by atoms with Crippen LogP contribution in [0.15, 0.2) is 30.6 Å². The fraction of sp³-hybridized carbons (Fsp3) is 0.529. The Morgan fingerprint density at radius 1 is 1.33 bits per heavy atom. The molecule has 0 unspecified atom stereocenters. The molecule has 0 radical (unpaired) electrons. The minimum Gasteiger partial charge on any atom is -0.331 e. The van der Waals surface area contributed by atoms with Gasteiger partial charge in [0.05, 0.1) is 23.4 Å². The molecule has 112 valence electrons. The van der Waals surface area contributed by atoms with Crippen LogP contribution in [0.2, 0.25) is 0 Å². The number of aryl methyl sites for hydroxylation is 1. The van der Waals surface area contributed by atoms with Gasteiger partial charge in [-0.3, -0.25) is 0 Å². The van der Waals surface area contributed by atoms with Crippen molar-refractivity contribution in [1.29, 1.82) is 5.26 Å². The Labute approximate surface area is 126 Å². The van der Waals surface area contributed by atoms with Crippen LogP contribution in [0, 0.1) is 16.7 Å². The van der Waals surface area contributed by atoms with Crippen LogP contribution in [-0.2, 0) is 6.54 Å². The third kappa shape index (κ3) is 4.57. The molecule has 1 N–H and O–H groups in total. The third-order valence-electron chi connectivity index (χ3n) is 3.80. The molecule has 0 saturated carbocycles. The fourth-order valence-electron chi connectivity index (χ4n) is 2.47. The summed E-state index contributed by atoms with van der Waals surface area (Å²) < 4.78 is 2.21. The molecule has 21 heavy (non-hydrogen) atoms. The van der Waals surface area contributed by atoms with Gasteiger partial charge in [-0.25, -0.2) is 4.98 Å². The highest BCUT2D eigenvalue weighted by atomic mass is 15.0. The Balaban J connectivity index is 1.72. The molecule has 0 atom stereocenters. The number of nitriles is 1. The van der Waals surface area contributed by atoms with Gasteiger partial charge in [0.1, 0.15) is 0 Å². The molecule has 4 heteroatoms. The summed E-state index contributed by atoms with van der Waals surface area (Å²) in [5.41, 5.74) is 2.45. The number of benzene rings is 1.